The molecule has 1 aromatic rings. The van der Waals surface area contributed by atoms with Crippen LogP contribution in [0.1, 0.15) is 65.7 Å². The Morgan fingerprint density at radius 3 is 2.11 bits per heavy atom. The number of nitrogens with one attached hydrogen (secondary N) is 2. The molecule has 1 aliphatic heterocycles. The number of amides is 4. The summed E-state index contributed by atoms with van der Waals surface area (Å²) in [5.41, 5.74) is 0.822. The van der Waals surface area contributed by atoms with Gasteiger partial charge < -0.3 is 10.6 Å². The van der Waals surface area contributed by atoms with E-state index in [4.69, 9.17) is 0 Å². The summed E-state index contributed by atoms with van der Waals surface area (Å²) in [6.45, 7) is 0.383. The third-order valence-corrected chi connectivity index (χ3v) is 5.06. The van der Waals surface area contributed by atoms with Crippen LogP contribution < -0.4 is 10.6 Å². The summed E-state index contributed by atoms with van der Waals surface area (Å²) in [5.74, 6) is -0.707. The molecule has 0 radical (unpaired) electrons. The van der Waals surface area contributed by atoms with Crippen LogP contribution in [0.3, 0.4) is 0 Å². The molecule has 3 rings (SSSR count). The lowest BCUT2D eigenvalue weighted by Gasteiger charge is -2.26. The van der Waals surface area contributed by atoms with Crippen LogP contribution in [0.2, 0.25) is 0 Å². The molecule has 0 unspecified atom stereocenters. The molecule has 1 saturated carbocycles. The molecule has 4 amide bonds. The predicted molar refractivity (Wildman–Crippen MR) is 99.1 cm³/mol. The van der Waals surface area contributed by atoms with Crippen LogP contribution in [-0.2, 0) is 9.59 Å². The predicted octanol–water partition coefficient (Wildman–Crippen LogP) is 1.63. The van der Waals surface area contributed by atoms with Gasteiger partial charge in [-0.25, -0.2) is 0 Å². The van der Waals surface area contributed by atoms with Gasteiger partial charge in [0.1, 0.15) is 0 Å². The van der Waals surface area contributed by atoms with Gasteiger partial charge in [-0.3, -0.25) is 24.1 Å². The first-order chi connectivity index (χ1) is 13.1. The molecule has 27 heavy (non-hydrogen) atoms. The number of benzene rings is 1. The summed E-state index contributed by atoms with van der Waals surface area (Å²) in [6, 6.07) is 7.07. The van der Waals surface area contributed by atoms with Crippen LogP contribution >= 0.6 is 0 Å². The standard InChI is InChI=1S/C20H25N3O4/c24-17(10-3-4-11-18(25)22-14-6-5-7-14)21-12-13-23-19(26)15-8-1-2-9-16(15)20(23)27/h1-2,8-9,14H,3-7,10-13H2,(H,21,24)(H,22,25). The topological polar surface area (TPSA) is 95.6 Å². The van der Waals surface area contributed by atoms with Crippen LogP contribution in [0.15, 0.2) is 24.3 Å². The molecule has 7 nitrogen and oxygen atoms in total. The van der Waals surface area contributed by atoms with E-state index in [9.17, 15) is 19.2 Å². The zero-order valence-electron chi connectivity index (χ0n) is 15.3. The van der Waals surface area contributed by atoms with Crippen molar-refractivity contribution in [1.29, 1.82) is 0 Å². The number of carbonyl (C=O) groups excluding carboxylic acids is 4. The van der Waals surface area contributed by atoms with Crippen molar-refractivity contribution in [2.45, 2.75) is 51.0 Å². The minimum atomic E-state index is -0.317. The van der Waals surface area contributed by atoms with Crippen LogP contribution in [0.25, 0.3) is 0 Å². The maximum atomic E-state index is 12.2. The number of nitrogens with zero attached hydrogens (tertiary/aromatic N) is 1. The number of imide groups is 1. The number of carbonyl (C=O) groups is 4. The average Bonchev–Trinajstić information content (AvgIpc) is 2.87. The zero-order chi connectivity index (χ0) is 19.2. The number of hydrogen-bond donors (Lipinski definition) is 2. The second-order valence-corrected chi connectivity index (χ2v) is 7.06. The Labute approximate surface area is 158 Å². The van der Waals surface area contributed by atoms with Crippen molar-refractivity contribution < 1.29 is 19.2 Å². The maximum Gasteiger partial charge on any atom is 0.261 e. The van der Waals surface area contributed by atoms with E-state index in [-0.39, 0.29) is 36.7 Å². The van der Waals surface area contributed by atoms with Crippen LogP contribution in [-0.4, -0.2) is 47.7 Å². The molecule has 0 atom stereocenters. The highest BCUT2D eigenvalue weighted by Gasteiger charge is 2.34. The second kappa shape index (κ2) is 8.79. The molecule has 1 aromatic carbocycles. The molecule has 0 saturated heterocycles. The summed E-state index contributed by atoms with van der Waals surface area (Å²) in [4.78, 5) is 49.2. The molecule has 1 fully saturated rings. The van der Waals surface area contributed by atoms with E-state index in [0.29, 0.717) is 42.9 Å². The van der Waals surface area contributed by atoms with Crippen molar-refractivity contribution in [2.75, 3.05) is 13.1 Å². The second-order valence-electron chi connectivity index (χ2n) is 7.06. The normalized spacial score (nSPS) is 16.1. The molecule has 2 aliphatic rings. The lowest BCUT2D eigenvalue weighted by molar-refractivity contribution is -0.123. The molecule has 0 spiro atoms. The van der Waals surface area contributed by atoms with Crippen molar-refractivity contribution in [2.24, 2.45) is 0 Å². The average molecular weight is 371 g/mol. The Hall–Kier alpha value is -2.70. The summed E-state index contributed by atoms with van der Waals surface area (Å²) in [6.07, 6.45) is 5.41. The number of fused-ring (bicyclic) bond motifs is 1. The molecule has 7 heteroatoms. The Morgan fingerprint density at radius 1 is 0.963 bits per heavy atom. The van der Waals surface area contributed by atoms with E-state index >= 15 is 0 Å². The fraction of sp³-hybridized carbons (Fsp3) is 0.500. The largest absolute Gasteiger partial charge is 0.354 e. The van der Waals surface area contributed by atoms with E-state index in [2.05, 4.69) is 10.6 Å². The van der Waals surface area contributed by atoms with Crippen LogP contribution in [0.5, 0.6) is 0 Å². The zero-order valence-corrected chi connectivity index (χ0v) is 15.3. The summed E-state index contributed by atoms with van der Waals surface area (Å²) < 4.78 is 0. The minimum Gasteiger partial charge on any atom is -0.354 e. The molecule has 1 aliphatic carbocycles. The Bertz CT molecular complexity index is 707. The Kier molecular flexibility index (Phi) is 6.21. The van der Waals surface area contributed by atoms with Gasteiger partial charge in [0, 0.05) is 32.0 Å². The summed E-state index contributed by atoms with van der Waals surface area (Å²) >= 11 is 0. The number of hydrogen-bond acceptors (Lipinski definition) is 4. The highest BCUT2D eigenvalue weighted by Crippen LogP contribution is 2.21. The van der Waals surface area contributed by atoms with Gasteiger partial charge in [-0.05, 0) is 44.2 Å². The van der Waals surface area contributed by atoms with Crippen LogP contribution in [0.4, 0.5) is 0 Å². The maximum absolute atomic E-state index is 12.2. The fourth-order valence-corrected chi connectivity index (χ4v) is 3.26. The number of unbranched alkanes of at least 4 members (excludes halogenated alkanes) is 1. The van der Waals surface area contributed by atoms with Gasteiger partial charge in [-0.2, -0.15) is 0 Å². The molecule has 0 bridgehead atoms. The van der Waals surface area contributed by atoms with E-state index in [0.717, 1.165) is 17.7 Å². The minimum absolute atomic E-state index is 0.0609. The number of rotatable bonds is 9. The van der Waals surface area contributed by atoms with Crippen molar-refractivity contribution in [3.05, 3.63) is 35.4 Å². The Morgan fingerprint density at radius 2 is 1.56 bits per heavy atom. The molecule has 2 N–H and O–H groups in total. The van der Waals surface area contributed by atoms with Gasteiger partial charge in [0.15, 0.2) is 0 Å². The first-order valence-electron chi connectivity index (χ1n) is 9.57. The van der Waals surface area contributed by atoms with Crippen molar-refractivity contribution in [1.82, 2.24) is 15.5 Å². The van der Waals surface area contributed by atoms with E-state index < -0.39 is 0 Å². The van der Waals surface area contributed by atoms with Crippen molar-refractivity contribution in [3.8, 4) is 0 Å². The third kappa shape index (κ3) is 4.72. The quantitative estimate of drug-likeness (QED) is 0.509. The first-order valence-corrected chi connectivity index (χ1v) is 9.57. The van der Waals surface area contributed by atoms with Gasteiger partial charge in [-0.1, -0.05) is 12.1 Å². The molecular weight excluding hydrogens is 346 g/mol. The van der Waals surface area contributed by atoms with Crippen molar-refractivity contribution in [3.63, 3.8) is 0 Å². The van der Waals surface area contributed by atoms with E-state index in [1.807, 2.05) is 0 Å². The molecular formula is C20H25N3O4. The van der Waals surface area contributed by atoms with E-state index in [1.165, 1.54) is 6.42 Å². The summed E-state index contributed by atoms with van der Waals surface area (Å²) in [5, 5.41) is 5.71. The fourth-order valence-electron chi connectivity index (χ4n) is 3.26. The summed E-state index contributed by atoms with van der Waals surface area (Å²) in [7, 11) is 0. The molecule has 144 valence electrons. The van der Waals surface area contributed by atoms with Crippen molar-refractivity contribution >= 4 is 23.6 Å². The van der Waals surface area contributed by atoms with Crippen LogP contribution in [0, 0.1) is 0 Å². The highest BCUT2D eigenvalue weighted by atomic mass is 16.2. The molecule has 1 heterocycles. The SMILES string of the molecule is O=C(CCCCC(=O)NC1CCC1)NCCN1C(=O)c2ccccc2C1=O. The first kappa shape index (κ1) is 19.1. The van der Waals surface area contributed by atoms with Gasteiger partial charge in [-0.15, -0.1) is 0 Å². The smallest absolute Gasteiger partial charge is 0.261 e. The molecule has 0 aromatic heterocycles. The van der Waals surface area contributed by atoms with Gasteiger partial charge >= 0.3 is 0 Å². The van der Waals surface area contributed by atoms with Gasteiger partial charge in [0.25, 0.3) is 11.8 Å². The third-order valence-electron chi connectivity index (χ3n) is 5.06. The lowest BCUT2D eigenvalue weighted by atomic mass is 9.93. The monoisotopic (exact) mass is 371 g/mol. The lowest BCUT2D eigenvalue weighted by Crippen LogP contribution is -2.39. The van der Waals surface area contributed by atoms with E-state index in [1.54, 1.807) is 24.3 Å². The van der Waals surface area contributed by atoms with Gasteiger partial charge in [0.05, 0.1) is 11.1 Å². The Balaban J connectivity index is 1.29. The van der Waals surface area contributed by atoms with Gasteiger partial charge in [0.2, 0.25) is 11.8 Å². The highest BCUT2D eigenvalue weighted by molar-refractivity contribution is 6.21.